The molecule has 4 rings (SSSR count). The average Bonchev–Trinajstić information content (AvgIpc) is 3.12. The van der Waals surface area contributed by atoms with Crippen molar-refractivity contribution in [2.45, 2.75) is 19.9 Å². The molecule has 6 nitrogen and oxygen atoms in total. The summed E-state index contributed by atoms with van der Waals surface area (Å²) >= 11 is 0. The number of fused-ring (bicyclic) bond motifs is 1. The molecule has 1 aliphatic rings. The summed E-state index contributed by atoms with van der Waals surface area (Å²) in [6.07, 6.45) is 2.24. The van der Waals surface area contributed by atoms with E-state index >= 15 is 0 Å². The molecule has 6 heteroatoms. The number of para-hydroxylation sites is 1. The highest BCUT2D eigenvalue weighted by Gasteiger charge is 2.12. The van der Waals surface area contributed by atoms with Gasteiger partial charge < -0.3 is 15.0 Å². The molecule has 0 spiro atoms. The number of hydrogen-bond acceptors (Lipinski definition) is 4. The topological polar surface area (TPSA) is 59.4 Å². The van der Waals surface area contributed by atoms with Crippen molar-refractivity contribution in [1.29, 1.82) is 0 Å². The Bertz CT molecular complexity index is 927. The molecule has 0 atom stereocenters. The number of carbonyl (C=O) groups is 1. The minimum Gasteiger partial charge on any atom is -0.378 e. The van der Waals surface area contributed by atoms with Crippen LogP contribution in [0.4, 0.5) is 11.4 Å². The highest BCUT2D eigenvalue weighted by Crippen LogP contribution is 2.20. The molecule has 1 N–H and O–H groups in total. The van der Waals surface area contributed by atoms with Gasteiger partial charge in [-0.2, -0.15) is 5.10 Å². The molecule has 0 saturated carbocycles. The minimum atomic E-state index is -0.00800. The number of ether oxygens (including phenoxy) is 1. The predicted octanol–water partition coefficient (Wildman–Crippen LogP) is 3.21. The smallest absolute Gasteiger partial charge is 0.226 e. The van der Waals surface area contributed by atoms with Crippen LogP contribution in [-0.4, -0.2) is 42.0 Å². The standard InChI is InChI=1S/C21H24N4O2/c1-16-3-2-4-17-15-22-25(21(16)17)10-9-20(26)23-18-5-7-19(8-6-18)24-11-13-27-14-12-24/h2-8,15H,9-14H2,1H3,(H,23,26). The third kappa shape index (κ3) is 3.95. The molecule has 1 fully saturated rings. The van der Waals surface area contributed by atoms with Gasteiger partial charge in [0.05, 0.1) is 31.5 Å². The van der Waals surface area contributed by atoms with Gasteiger partial charge in [-0.1, -0.05) is 18.2 Å². The summed E-state index contributed by atoms with van der Waals surface area (Å²) in [4.78, 5) is 14.6. The molecule has 3 aromatic rings. The van der Waals surface area contributed by atoms with Crippen LogP contribution in [0.25, 0.3) is 10.9 Å². The lowest BCUT2D eigenvalue weighted by Gasteiger charge is -2.28. The van der Waals surface area contributed by atoms with Gasteiger partial charge in [-0.15, -0.1) is 0 Å². The molecule has 2 heterocycles. The van der Waals surface area contributed by atoms with Crippen molar-refractivity contribution in [3.8, 4) is 0 Å². The Hall–Kier alpha value is -2.86. The van der Waals surface area contributed by atoms with E-state index in [2.05, 4.69) is 28.3 Å². The second-order valence-corrected chi connectivity index (χ2v) is 6.82. The third-order valence-corrected chi connectivity index (χ3v) is 4.94. The van der Waals surface area contributed by atoms with Crippen LogP contribution < -0.4 is 10.2 Å². The summed E-state index contributed by atoms with van der Waals surface area (Å²) in [5.41, 5.74) is 4.25. The molecule has 0 bridgehead atoms. The zero-order valence-corrected chi connectivity index (χ0v) is 15.5. The summed E-state index contributed by atoms with van der Waals surface area (Å²) in [7, 11) is 0. The van der Waals surface area contributed by atoms with Crippen LogP contribution in [0.5, 0.6) is 0 Å². The SMILES string of the molecule is Cc1cccc2cnn(CCC(=O)Nc3ccc(N4CCOCC4)cc3)c12. The van der Waals surface area contributed by atoms with Crippen LogP contribution >= 0.6 is 0 Å². The summed E-state index contributed by atoms with van der Waals surface area (Å²) in [5, 5.41) is 8.50. The fourth-order valence-corrected chi connectivity index (χ4v) is 3.51. The largest absolute Gasteiger partial charge is 0.378 e. The van der Waals surface area contributed by atoms with Crippen LogP contribution in [0.3, 0.4) is 0 Å². The molecule has 1 aromatic heterocycles. The molecular formula is C21H24N4O2. The molecule has 1 amide bonds. The monoisotopic (exact) mass is 364 g/mol. The van der Waals surface area contributed by atoms with Crippen molar-refractivity contribution in [2.24, 2.45) is 0 Å². The molecular weight excluding hydrogens is 340 g/mol. The van der Waals surface area contributed by atoms with Crippen LogP contribution in [0.2, 0.25) is 0 Å². The minimum absolute atomic E-state index is 0.00800. The van der Waals surface area contributed by atoms with E-state index in [1.165, 1.54) is 5.56 Å². The molecule has 1 saturated heterocycles. The maximum absolute atomic E-state index is 12.3. The number of rotatable bonds is 5. The third-order valence-electron chi connectivity index (χ3n) is 4.94. The summed E-state index contributed by atoms with van der Waals surface area (Å²) in [6, 6.07) is 14.1. The highest BCUT2D eigenvalue weighted by molar-refractivity contribution is 5.91. The first-order chi connectivity index (χ1) is 13.2. The molecule has 1 aliphatic heterocycles. The lowest BCUT2D eigenvalue weighted by molar-refractivity contribution is -0.116. The van der Waals surface area contributed by atoms with Gasteiger partial charge in [0.25, 0.3) is 0 Å². The van der Waals surface area contributed by atoms with E-state index in [0.29, 0.717) is 13.0 Å². The number of aryl methyl sites for hydroxylation is 2. The van der Waals surface area contributed by atoms with Gasteiger partial charge >= 0.3 is 0 Å². The number of nitrogens with zero attached hydrogens (tertiary/aromatic N) is 3. The van der Waals surface area contributed by atoms with E-state index in [-0.39, 0.29) is 5.91 Å². The van der Waals surface area contributed by atoms with Crippen molar-refractivity contribution < 1.29 is 9.53 Å². The second kappa shape index (κ2) is 7.80. The van der Waals surface area contributed by atoms with Crippen LogP contribution in [0.1, 0.15) is 12.0 Å². The number of hydrogen-bond donors (Lipinski definition) is 1. The lowest BCUT2D eigenvalue weighted by Crippen LogP contribution is -2.36. The number of amides is 1. The molecule has 0 aliphatic carbocycles. The first-order valence-corrected chi connectivity index (χ1v) is 9.34. The Morgan fingerprint density at radius 3 is 2.70 bits per heavy atom. The van der Waals surface area contributed by atoms with Gasteiger partial charge in [-0.05, 0) is 36.8 Å². The van der Waals surface area contributed by atoms with Gasteiger partial charge in [-0.3, -0.25) is 9.48 Å². The normalized spacial score (nSPS) is 14.5. The van der Waals surface area contributed by atoms with E-state index in [9.17, 15) is 4.79 Å². The number of aromatic nitrogens is 2. The molecule has 2 aromatic carbocycles. The van der Waals surface area contributed by atoms with Crippen molar-refractivity contribution in [3.05, 3.63) is 54.2 Å². The first kappa shape index (κ1) is 17.5. The number of morpholine rings is 1. The Balaban J connectivity index is 1.35. The average molecular weight is 364 g/mol. The Kier molecular flexibility index (Phi) is 5.07. The zero-order valence-electron chi connectivity index (χ0n) is 15.5. The van der Waals surface area contributed by atoms with Crippen LogP contribution in [0, 0.1) is 6.92 Å². The van der Waals surface area contributed by atoms with Gasteiger partial charge in [0.2, 0.25) is 5.91 Å². The molecule has 0 unspecified atom stereocenters. The fraction of sp³-hybridized carbons (Fsp3) is 0.333. The zero-order chi connectivity index (χ0) is 18.6. The Morgan fingerprint density at radius 2 is 1.93 bits per heavy atom. The summed E-state index contributed by atoms with van der Waals surface area (Å²) in [6.45, 7) is 5.97. The Labute approximate surface area is 158 Å². The quantitative estimate of drug-likeness (QED) is 0.755. The van der Waals surface area contributed by atoms with E-state index < -0.39 is 0 Å². The van der Waals surface area contributed by atoms with E-state index in [1.807, 2.05) is 47.3 Å². The number of benzene rings is 2. The van der Waals surface area contributed by atoms with Gasteiger partial charge in [0.15, 0.2) is 0 Å². The van der Waals surface area contributed by atoms with E-state index in [0.717, 1.165) is 48.6 Å². The van der Waals surface area contributed by atoms with Crippen LogP contribution in [-0.2, 0) is 16.1 Å². The highest BCUT2D eigenvalue weighted by atomic mass is 16.5. The van der Waals surface area contributed by atoms with Gasteiger partial charge in [0.1, 0.15) is 0 Å². The van der Waals surface area contributed by atoms with E-state index in [4.69, 9.17) is 4.74 Å². The second-order valence-electron chi connectivity index (χ2n) is 6.82. The Morgan fingerprint density at radius 1 is 1.15 bits per heavy atom. The fourth-order valence-electron chi connectivity index (χ4n) is 3.51. The molecule has 0 radical (unpaired) electrons. The number of nitrogens with one attached hydrogen (secondary N) is 1. The van der Waals surface area contributed by atoms with Gasteiger partial charge in [-0.25, -0.2) is 0 Å². The van der Waals surface area contributed by atoms with Crippen LogP contribution in [0.15, 0.2) is 48.7 Å². The lowest BCUT2D eigenvalue weighted by atomic mass is 10.2. The maximum Gasteiger partial charge on any atom is 0.226 e. The van der Waals surface area contributed by atoms with Gasteiger partial charge in [0, 0.05) is 36.3 Å². The van der Waals surface area contributed by atoms with E-state index in [1.54, 1.807) is 0 Å². The summed E-state index contributed by atoms with van der Waals surface area (Å²) < 4.78 is 7.29. The maximum atomic E-state index is 12.3. The van der Waals surface area contributed by atoms with Crippen molar-refractivity contribution >= 4 is 28.2 Å². The van der Waals surface area contributed by atoms with Crippen molar-refractivity contribution in [3.63, 3.8) is 0 Å². The number of carbonyl (C=O) groups excluding carboxylic acids is 1. The predicted molar refractivity (Wildman–Crippen MR) is 107 cm³/mol. The molecule has 140 valence electrons. The van der Waals surface area contributed by atoms with Crippen molar-refractivity contribution in [1.82, 2.24) is 9.78 Å². The molecule has 27 heavy (non-hydrogen) atoms. The first-order valence-electron chi connectivity index (χ1n) is 9.34. The van der Waals surface area contributed by atoms with Crippen molar-refractivity contribution in [2.75, 3.05) is 36.5 Å². The number of anilines is 2. The summed E-state index contributed by atoms with van der Waals surface area (Å²) in [5.74, 6) is -0.00800.